The lowest BCUT2D eigenvalue weighted by atomic mass is 9.80. The average molecular weight is 271 g/mol. The van der Waals surface area contributed by atoms with Crippen LogP contribution in [0.1, 0.15) is 50.8 Å². The smallest absolute Gasteiger partial charge is 0.258 e. The number of nitrogen functional groups attached to an aromatic ring is 1. The number of aromatic nitrogens is 2. The monoisotopic (exact) mass is 271 g/mol. The molecule has 2 N–H and O–H groups in total. The zero-order valence-electron chi connectivity index (χ0n) is 11.9. The highest BCUT2D eigenvalue weighted by Crippen LogP contribution is 2.36. The van der Waals surface area contributed by atoms with E-state index in [0.717, 1.165) is 17.3 Å². The molecule has 0 radical (unpaired) electrons. The SMILES string of the molecule is CCC1CCCC(c2noc(-c3cccc(N)c3)n2)C1. The third-order valence-corrected chi connectivity index (χ3v) is 4.30. The molecule has 2 atom stereocenters. The van der Waals surface area contributed by atoms with Gasteiger partial charge in [-0.2, -0.15) is 4.98 Å². The maximum atomic E-state index is 5.79. The van der Waals surface area contributed by atoms with E-state index >= 15 is 0 Å². The van der Waals surface area contributed by atoms with Crippen LogP contribution in [-0.2, 0) is 0 Å². The van der Waals surface area contributed by atoms with Crippen LogP contribution in [0.5, 0.6) is 0 Å². The molecule has 4 nitrogen and oxygen atoms in total. The van der Waals surface area contributed by atoms with E-state index in [1.807, 2.05) is 24.3 Å². The van der Waals surface area contributed by atoms with Gasteiger partial charge in [-0.3, -0.25) is 0 Å². The molecule has 1 fully saturated rings. The molecule has 0 bridgehead atoms. The Bertz CT molecular complexity index is 579. The van der Waals surface area contributed by atoms with Crippen molar-refractivity contribution < 1.29 is 4.52 Å². The van der Waals surface area contributed by atoms with Crippen molar-refractivity contribution in [2.24, 2.45) is 5.92 Å². The fraction of sp³-hybridized carbons (Fsp3) is 0.500. The normalized spacial score (nSPS) is 22.9. The molecule has 0 spiro atoms. The summed E-state index contributed by atoms with van der Waals surface area (Å²) in [5, 5.41) is 4.19. The van der Waals surface area contributed by atoms with E-state index in [2.05, 4.69) is 17.1 Å². The van der Waals surface area contributed by atoms with Gasteiger partial charge in [-0.1, -0.05) is 37.4 Å². The summed E-state index contributed by atoms with van der Waals surface area (Å²) in [6.07, 6.45) is 6.22. The molecule has 106 valence electrons. The first-order valence-electron chi connectivity index (χ1n) is 7.45. The molecule has 4 heteroatoms. The standard InChI is InChI=1S/C16H21N3O/c1-2-11-5-3-6-12(9-11)15-18-16(20-19-15)13-7-4-8-14(17)10-13/h4,7-8,10-12H,2-3,5-6,9,17H2,1H3. The van der Waals surface area contributed by atoms with Gasteiger partial charge in [0.15, 0.2) is 5.82 Å². The number of benzene rings is 1. The van der Waals surface area contributed by atoms with Crippen molar-refractivity contribution in [2.45, 2.75) is 44.9 Å². The van der Waals surface area contributed by atoms with Gasteiger partial charge in [-0.05, 0) is 37.0 Å². The summed E-state index contributed by atoms with van der Waals surface area (Å²) in [7, 11) is 0. The number of rotatable bonds is 3. The van der Waals surface area contributed by atoms with E-state index in [1.54, 1.807) is 0 Å². The number of hydrogen-bond acceptors (Lipinski definition) is 4. The highest BCUT2D eigenvalue weighted by molar-refractivity contribution is 5.59. The lowest BCUT2D eigenvalue weighted by Gasteiger charge is -2.26. The Balaban J connectivity index is 1.80. The van der Waals surface area contributed by atoms with Crippen molar-refractivity contribution in [3.05, 3.63) is 30.1 Å². The maximum absolute atomic E-state index is 5.79. The number of anilines is 1. The summed E-state index contributed by atoms with van der Waals surface area (Å²) in [5.74, 6) is 2.70. The molecular weight excluding hydrogens is 250 g/mol. The van der Waals surface area contributed by atoms with Gasteiger partial charge in [0.25, 0.3) is 5.89 Å². The first kappa shape index (κ1) is 13.2. The van der Waals surface area contributed by atoms with Crippen molar-refractivity contribution in [1.29, 1.82) is 0 Å². The largest absolute Gasteiger partial charge is 0.399 e. The molecule has 1 aromatic carbocycles. The predicted molar refractivity (Wildman–Crippen MR) is 79.1 cm³/mol. The molecule has 1 heterocycles. The van der Waals surface area contributed by atoms with Gasteiger partial charge in [0.05, 0.1) is 0 Å². The molecule has 0 saturated heterocycles. The Hall–Kier alpha value is -1.84. The molecule has 1 aliphatic carbocycles. The van der Waals surface area contributed by atoms with Crippen LogP contribution in [0.4, 0.5) is 5.69 Å². The van der Waals surface area contributed by atoms with Crippen LogP contribution in [0.15, 0.2) is 28.8 Å². The summed E-state index contributed by atoms with van der Waals surface area (Å²) in [4.78, 5) is 4.58. The second kappa shape index (κ2) is 5.65. The van der Waals surface area contributed by atoms with Gasteiger partial charge in [0.1, 0.15) is 0 Å². The first-order chi connectivity index (χ1) is 9.76. The van der Waals surface area contributed by atoms with Crippen LogP contribution < -0.4 is 5.73 Å². The second-order valence-corrected chi connectivity index (χ2v) is 5.72. The molecule has 1 aliphatic rings. The zero-order chi connectivity index (χ0) is 13.9. The molecule has 3 rings (SSSR count). The van der Waals surface area contributed by atoms with E-state index in [-0.39, 0.29) is 0 Å². The molecule has 2 unspecified atom stereocenters. The van der Waals surface area contributed by atoms with Crippen LogP contribution >= 0.6 is 0 Å². The third-order valence-electron chi connectivity index (χ3n) is 4.30. The topological polar surface area (TPSA) is 64.9 Å². The Labute approximate surface area is 119 Å². The fourth-order valence-electron chi connectivity index (χ4n) is 3.09. The van der Waals surface area contributed by atoms with E-state index in [1.165, 1.54) is 32.1 Å². The Morgan fingerprint density at radius 1 is 1.35 bits per heavy atom. The Kier molecular flexibility index (Phi) is 3.72. The minimum Gasteiger partial charge on any atom is -0.399 e. The zero-order valence-corrected chi connectivity index (χ0v) is 11.9. The van der Waals surface area contributed by atoms with E-state index < -0.39 is 0 Å². The summed E-state index contributed by atoms with van der Waals surface area (Å²) in [6.45, 7) is 2.27. The molecule has 0 aliphatic heterocycles. The molecule has 1 aromatic heterocycles. The van der Waals surface area contributed by atoms with Crippen LogP contribution in [0.2, 0.25) is 0 Å². The lowest BCUT2D eigenvalue weighted by molar-refractivity contribution is 0.300. The highest BCUT2D eigenvalue weighted by Gasteiger charge is 2.26. The van der Waals surface area contributed by atoms with Gasteiger partial charge < -0.3 is 10.3 Å². The quantitative estimate of drug-likeness (QED) is 0.857. The molecule has 20 heavy (non-hydrogen) atoms. The van der Waals surface area contributed by atoms with E-state index in [9.17, 15) is 0 Å². The van der Waals surface area contributed by atoms with Gasteiger partial charge >= 0.3 is 0 Å². The van der Waals surface area contributed by atoms with Crippen molar-refractivity contribution in [3.63, 3.8) is 0 Å². The van der Waals surface area contributed by atoms with E-state index in [0.29, 0.717) is 17.5 Å². The Morgan fingerprint density at radius 3 is 3.05 bits per heavy atom. The van der Waals surface area contributed by atoms with E-state index in [4.69, 9.17) is 10.3 Å². The minimum absolute atomic E-state index is 0.451. The van der Waals surface area contributed by atoms with Gasteiger partial charge in [0.2, 0.25) is 0 Å². The Morgan fingerprint density at radius 2 is 2.25 bits per heavy atom. The number of nitrogens with two attached hydrogens (primary N) is 1. The predicted octanol–water partition coefficient (Wildman–Crippen LogP) is 4.00. The van der Waals surface area contributed by atoms with Crippen LogP contribution in [0.3, 0.4) is 0 Å². The van der Waals surface area contributed by atoms with Crippen LogP contribution in [0, 0.1) is 5.92 Å². The molecule has 2 aromatic rings. The first-order valence-corrected chi connectivity index (χ1v) is 7.45. The van der Waals surface area contributed by atoms with Crippen molar-refractivity contribution >= 4 is 5.69 Å². The number of hydrogen-bond donors (Lipinski definition) is 1. The van der Waals surface area contributed by atoms with Gasteiger partial charge in [-0.15, -0.1) is 0 Å². The highest BCUT2D eigenvalue weighted by atomic mass is 16.5. The lowest BCUT2D eigenvalue weighted by Crippen LogP contribution is -2.14. The van der Waals surface area contributed by atoms with Crippen LogP contribution in [0.25, 0.3) is 11.5 Å². The average Bonchev–Trinajstić information content (AvgIpc) is 2.97. The minimum atomic E-state index is 0.451. The van der Waals surface area contributed by atoms with Crippen LogP contribution in [-0.4, -0.2) is 10.1 Å². The molecular formula is C16H21N3O. The summed E-state index contributed by atoms with van der Waals surface area (Å²) < 4.78 is 5.41. The maximum Gasteiger partial charge on any atom is 0.258 e. The summed E-state index contributed by atoms with van der Waals surface area (Å²) in [6, 6.07) is 7.58. The van der Waals surface area contributed by atoms with Gasteiger partial charge in [0, 0.05) is 17.2 Å². The number of nitrogens with zero attached hydrogens (tertiary/aromatic N) is 2. The third kappa shape index (κ3) is 2.69. The fourth-order valence-corrected chi connectivity index (χ4v) is 3.09. The molecule has 0 amide bonds. The van der Waals surface area contributed by atoms with Crippen molar-refractivity contribution in [3.8, 4) is 11.5 Å². The van der Waals surface area contributed by atoms with Crippen molar-refractivity contribution in [1.82, 2.24) is 10.1 Å². The summed E-state index contributed by atoms with van der Waals surface area (Å²) in [5.41, 5.74) is 7.40. The second-order valence-electron chi connectivity index (χ2n) is 5.72. The van der Waals surface area contributed by atoms with Crippen molar-refractivity contribution in [2.75, 3.05) is 5.73 Å². The summed E-state index contributed by atoms with van der Waals surface area (Å²) >= 11 is 0. The van der Waals surface area contributed by atoms with Gasteiger partial charge in [-0.25, -0.2) is 0 Å². The molecule has 1 saturated carbocycles.